The van der Waals surface area contributed by atoms with Crippen molar-refractivity contribution in [2.75, 3.05) is 11.9 Å². The molecule has 0 radical (unpaired) electrons. The van der Waals surface area contributed by atoms with Crippen LogP contribution in [0, 0.1) is 0 Å². The summed E-state index contributed by atoms with van der Waals surface area (Å²) in [5, 5.41) is 5.60. The molecule has 0 spiro atoms. The van der Waals surface area contributed by atoms with Gasteiger partial charge in [0.2, 0.25) is 0 Å². The maximum absolute atomic E-state index is 11.8. The molecule has 1 N–H and O–H groups in total. The van der Waals surface area contributed by atoms with Crippen LogP contribution in [0.3, 0.4) is 0 Å². The average molecular weight is 462 g/mol. The van der Waals surface area contributed by atoms with Crippen molar-refractivity contribution in [3.8, 4) is 17.0 Å². The maximum atomic E-state index is 11.8. The van der Waals surface area contributed by atoms with E-state index in [1.54, 1.807) is 11.3 Å². The quantitative estimate of drug-likeness (QED) is 0.416. The highest BCUT2D eigenvalue weighted by molar-refractivity contribution is 7.07. The summed E-state index contributed by atoms with van der Waals surface area (Å²) in [6.07, 6.45) is 0.866. The first kappa shape index (κ1) is 20.5. The van der Waals surface area contributed by atoms with Crippen molar-refractivity contribution in [1.82, 2.24) is 4.57 Å². The highest BCUT2D eigenvalue weighted by Gasteiger charge is 2.18. The van der Waals surface area contributed by atoms with Gasteiger partial charge in [-0.1, -0.05) is 54.1 Å². The van der Waals surface area contributed by atoms with Gasteiger partial charge in [0.25, 0.3) is 5.91 Å². The van der Waals surface area contributed by atoms with Crippen molar-refractivity contribution in [2.45, 2.75) is 13.0 Å². The SMILES string of the molecule is O=C1COc2ccc(-c3csc(=Nc4ccccc4Cl)n3CCc3ccccc3)cc2N1. The minimum Gasteiger partial charge on any atom is -0.482 e. The number of hydrogen-bond donors (Lipinski definition) is 1. The fourth-order valence-electron chi connectivity index (χ4n) is 3.64. The minimum absolute atomic E-state index is 0.0444. The molecule has 0 atom stereocenters. The summed E-state index contributed by atoms with van der Waals surface area (Å²) in [5.41, 5.74) is 4.69. The zero-order valence-corrected chi connectivity index (χ0v) is 18.7. The Bertz CT molecular complexity index is 1340. The van der Waals surface area contributed by atoms with Crippen LogP contribution in [0.4, 0.5) is 11.4 Å². The van der Waals surface area contributed by atoms with Gasteiger partial charge in [-0.15, -0.1) is 11.3 Å². The number of ether oxygens (including phenoxy) is 1. The number of carbonyl (C=O) groups is 1. The highest BCUT2D eigenvalue weighted by Crippen LogP contribution is 2.33. The van der Waals surface area contributed by atoms with E-state index in [-0.39, 0.29) is 12.5 Å². The molecule has 3 aromatic carbocycles. The Morgan fingerprint density at radius 1 is 1.06 bits per heavy atom. The van der Waals surface area contributed by atoms with E-state index in [2.05, 4.69) is 39.5 Å². The lowest BCUT2D eigenvalue weighted by Gasteiger charge is -2.19. The first-order chi connectivity index (χ1) is 15.7. The van der Waals surface area contributed by atoms with Crippen LogP contribution in [-0.4, -0.2) is 17.1 Å². The molecule has 0 fully saturated rings. The van der Waals surface area contributed by atoms with Crippen LogP contribution < -0.4 is 14.9 Å². The minimum atomic E-state index is -0.147. The Hall–Kier alpha value is -3.35. The molecule has 7 heteroatoms. The van der Waals surface area contributed by atoms with E-state index < -0.39 is 0 Å². The van der Waals surface area contributed by atoms with Crippen LogP contribution >= 0.6 is 22.9 Å². The number of para-hydroxylation sites is 1. The van der Waals surface area contributed by atoms with Crippen molar-refractivity contribution in [1.29, 1.82) is 0 Å². The predicted molar refractivity (Wildman–Crippen MR) is 129 cm³/mol. The van der Waals surface area contributed by atoms with Crippen LogP contribution in [-0.2, 0) is 17.8 Å². The Morgan fingerprint density at radius 3 is 2.72 bits per heavy atom. The molecule has 0 bridgehead atoms. The standard InChI is InChI=1S/C25H20ClN3O2S/c26-19-8-4-5-9-20(19)28-25-29(13-12-17-6-2-1-3-7-17)22(16-32-25)18-10-11-23-21(14-18)27-24(30)15-31-23/h1-11,14,16H,12-13,15H2,(H,27,30). The number of hydrogen-bond acceptors (Lipinski definition) is 4. The summed E-state index contributed by atoms with van der Waals surface area (Å²) in [5.74, 6) is 0.534. The van der Waals surface area contributed by atoms with E-state index in [1.807, 2.05) is 48.5 Å². The van der Waals surface area contributed by atoms with Gasteiger partial charge in [-0.2, -0.15) is 0 Å². The van der Waals surface area contributed by atoms with E-state index >= 15 is 0 Å². The van der Waals surface area contributed by atoms with Crippen LogP contribution in [0.5, 0.6) is 5.75 Å². The topological polar surface area (TPSA) is 55.6 Å². The van der Waals surface area contributed by atoms with Crippen molar-refractivity contribution in [3.05, 3.63) is 93.6 Å². The predicted octanol–water partition coefficient (Wildman–Crippen LogP) is 5.68. The number of fused-ring (bicyclic) bond motifs is 1. The number of carbonyl (C=O) groups excluding carboxylic acids is 1. The number of aromatic nitrogens is 1. The van der Waals surface area contributed by atoms with Gasteiger partial charge in [-0.3, -0.25) is 4.79 Å². The summed E-state index contributed by atoms with van der Waals surface area (Å²) >= 11 is 7.93. The zero-order valence-electron chi connectivity index (χ0n) is 17.1. The van der Waals surface area contributed by atoms with Gasteiger partial charge in [-0.25, -0.2) is 4.99 Å². The summed E-state index contributed by atoms with van der Waals surface area (Å²) in [6, 6.07) is 23.8. The molecule has 32 heavy (non-hydrogen) atoms. The molecule has 1 aliphatic rings. The number of nitrogens with zero attached hydrogens (tertiary/aromatic N) is 2. The second-order valence-corrected chi connectivity index (χ2v) is 8.65. The van der Waals surface area contributed by atoms with Crippen LogP contribution in [0.1, 0.15) is 5.56 Å². The number of amides is 1. The Balaban J connectivity index is 1.58. The van der Waals surface area contributed by atoms with Crippen molar-refractivity contribution in [2.24, 2.45) is 4.99 Å². The fraction of sp³-hybridized carbons (Fsp3) is 0.120. The molecule has 2 heterocycles. The Kier molecular flexibility index (Phi) is 5.79. The number of benzene rings is 3. The van der Waals surface area contributed by atoms with Gasteiger partial charge in [0, 0.05) is 17.5 Å². The first-order valence-electron chi connectivity index (χ1n) is 10.3. The summed E-state index contributed by atoms with van der Waals surface area (Å²) in [7, 11) is 0. The average Bonchev–Trinajstić information content (AvgIpc) is 3.21. The van der Waals surface area contributed by atoms with E-state index in [0.717, 1.165) is 34.7 Å². The smallest absolute Gasteiger partial charge is 0.262 e. The van der Waals surface area contributed by atoms with E-state index in [4.69, 9.17) is 21.3 Å². The van der Waals surface area contributed by atoms with Crippen molar-refractivity contribution in [3.63, 3.8) is 0 Å². The third kappa shape index (κ3) is 4.33. The number of rotatable bonds is 5. The number of aryl methyl sites for hydroxylation is 1. The van der Waals surface area contributed by atoms with Crippen LogP contribution in [0.25, 0.3) is 11.3 Å². The number of halogens is 1. The van der Waals surface area contributed by atoms with E-state index in [1.165, 1.54) is 5.56 Å². The van der Waals surface area contributed by atoms with E-state index in [9.17, 15) is 4.79 Å². The maximum Gasteiger partial charge on any atom is 0.262 e. The molecular weight excluding hydrogens is 442 g/mol. The lowest BCUT2D eigenvalue weighted by molar-refractivity contribution is -0.118. The molecule has 0 aliphatic carbocycles. The van der Waals surface area contributed by atoms with Crippen molar-refractivity contribution >= 4 is 40.2 Å². The summed E-state index contributed by atoms with van der Waals surface area (Å²) in [6.45, 7) is 0.800. The lowest BCUT2D eigenvalue weighted by Crippen LogP contribution is -2.25. The largest absolute Gasteiger partial charge is 0.482 e. The molecule has 4 aromatic rings. The van der Waals surface area contributed by atoms with Gasteiger partial charge in [0.1, 0.15) is 5.75 Å². The molecular formula is C25H20ClN3O2S. The van der Waals surface area contributed by atoms with Gasteiger partial charge < -0.3 is 14.6 Å². The van der Waals surface area contributed by atoms with Gasteiger partial charge >= 0.3 is 0 Å². The molecule has 160 valence electrons. The van der Waals surface area contributed by atoms with Crippen LogP contribution in [0.2, 0.25) is 5.02 Å². The number of anilines is 1. The summed E-state index contributed by atoms with van der Waals surface area (Å²) in [4.78, 5) is 17.5. The van der Waals surface area contributed by atoms with Crippen LogP contribution in [0.15, 0.2) is 83.2 Å². The second kappa shape index (κ2) is 9.02. The molecule has 0 saturated carbocycles. The Labute approximate surface area is 194 Å². The molecule has 1 amide bonds. The monoisotopic (exact) mass is 461 g/mol. The van der Waals surface area contributed by atoms with Gasteiger partial charge in [0.15, 0.2) is 11.4 Å². The third-order valence-electron chi connectivity index (χ3n) is 5.24. The second-order valence-electron chi connectivity index (χ2n) is 7.40. The fourth-order valence-corrected chi connectivity index (χ4v) is 4.77. The Morgan fingerprint density at radius 2 is 1.88 bits per heavy atom. The lowest BCUT2D eigenvalue weighted by atomic mass is 10.1. The molecule has 0 unspecified atom stereocenters. The highest BCUT2D eigenvalue weighted by atomic mass is 35.5. The first-order valence-corrected chi connectivity index (χ1v) is 11.5. The molecule has 0 saturated heterocycles. The number of thiazole rings is 1. The zero-order chi connectivity index (χ0) is 21.9. The molecule has 1 aliphatic heterocycles. The summed E-state index contributed by atoms with van der Waals surface area (Å²) < 4.78 is 7.71. The van der Waals surface area contributed by atoms with Gasteiger partial charge in [0.05, 0.1) is 22.1 Å². The van der Waals surface area contributed by atoms with Gasteiger partial charge in [-0.05, 0) is 42.3 Å². The normalized spacial score (nSPS) is 13.4. The van der Waals surface area contributed by atoms with E-state index in [0.29, 0.717) is 16.5 Å². The molecule has 5 nitrogen and oxygen atoms in total. The molecule has 1 aromatic heterocycles. The third-order valence-corrected chi connectivity index (χ3v) is 6.42. The van der Waals surface area contributed by atoms with Crippen molar-refractivity contribution < 1.29 is 9.53 Å². The number of nitrogens with one attached hydrogen (secondary N) is 1. The molecule has 5 rings (SSSR count).